The fourth-order valence-electron chi connectivity index (χ4n) is 0.917. The third kappa shape index (κ3) is 3.01. The second kappa shape index (κ2) is 4.20. The van der Waals surface area contributed by atoms with Crippen LogP contribution in [0.5, 0.6) is 0 Å². The average Bonchev–Trinajstić information content (AvgIpc) is 2.03. The molecule has 0 amide bonds. The minimum absolute atomic E-state index is 0.145. The molecule has 0 aliphatic heterocycles. The van der Waals surface area contributed by atoms with E-state index in [9.17, 15) is 4.79 Å². The summed E-state index contributed by atoms with van der Waals surface area (Å²) >= 11 is 5.68. The summed E-state index contributed by atoms with van der Waals surface area (Å²) in [4.78, 5) is 14.2. The van der Waals surface area contributed by atoms with E-state index in [2.05, 4.69) is 4.98 Å². The molecule has 0 aromatic carbocycles. The summed E-state index contributed by atoms with van der Waals surface area (Å²) < 4.78 is 0. The van der Waals surface area contributed by atoms with Crippen molar-refractivity contribution in [1.82, 2.24) is 4.98 Å². The quantitative estimate of drug-likeness (QED) is 0.769. The number of halogens is 1. The normalized spacial score (nSPS) is 12.5. The maximum absolute atomic E-state index is 10.3. The molecule has 1 aromatic heterocycles. The van der Waals surface area contributed by atoms with Crippen LogP contribution in [0.1, 0.15) is 18.2 Å². The van der Waals surface area contributed by atoms with Gasteiger partial charge in [-0.1, -0.05) is 11.6 Å². The molecule has 1 atom stereocenters. The summed E-state index contributed by atoms with van der Waals surface area (Å²) in [6.07, 6.45) is 1.35. The number of pyridine rings is 1. The second-order valence-corrected chi connectivity index (χ2v) is 3.04. The maximum Gasteiger partial charge on any atom is 0.305 e. The van der Waals surface area contributed by atoms with Crippen molar-refractivity contribution in [2.24, 2.45) is 5.73 Å². The lowest BCUT2D eigenvalue weighted by Crippen LogP contribution is -2.16. The Morgan fingerprint density at radius 2 is 2.46 bits per heavy atom. The molecule has 0 fully saturated rings. The van der Waals surface area contributed by atoms with E-state index in [0.717, 1.165) is 0 Å². The third-order valence-electron chi connectivity index (χ3n) is 1.52. The van der Waals surface area contributed by atoms with Gasteiger partial charge in [-0.2, -0.15) is 0 Å². The Balaban J connectivity index is 2.76. The van der Waals surface area contributed by atoms with Gasteiger partial charge in [0.2, 0.25) is 0 Å². The van der Waals surface area contributed by atoms with Crippen molar-refractivity contribution >= 4 is 17.6 Å². The van der Waals surface area contributed by atoms with Crippen LogP contribution in [0.15, 0.2) is 18.3 Å². The number of carbonyl (C=O) groups is 1. The van der Waals surface area contributed by atoms with Crippen LogP contribution < -0.4 is 5.73 Å². The van der Waals surface area contributed by atoms with E-state index in [4.69, 9.17) is 22.4 Å². The molecule has 5 heteroatoms. The van der Waals surface area contributed by atoms with Crippen molar-refractivity contribution in [2.45, 2.75) is 12.5 Å². The molecule has 0 bridgehead atoms. The average molecular weight is 201 g/mol. The van der Waals surface area contributed by atoms with E-state index in [0.29, 0.717) is 10.7 Å². The van der Waals surface area contributed by atoms with Gasteiger partial charge in [0.05, 0.1) is 18.2 Å². The summed E-state index contributed by atoms with van der Waals surface area (Å²) in [6.45, 7) is 0. The summed E-state index contributed by atoms with van der Waals surface area (Å²) in [6, 6.07) is 2.57. The molecule has 1 heterocycles. The van der Waals surface area contributed by atoms with Crippen LogP contribution in [0.4, 0.5) is 0 Å². The topological polar surface area (TPSA) is 76.2 Å². The molecule has 13 heavy (non-hydrogen) atoms. The first-order chi connectivity index (χ1) is 6.09. The van der Waals surface area contributed by atoms with Gasteiger partial charge in [0, 0.05) is 11.2 Å². The molecule has 0 aliphatic rings. The SMILES string of the molecule is NC(CC(=O)O)c1cc(Cl)ccn1. The van der Waals surface area contributed by atoms with E-state index >= 15 is 0 Å². The van der Waals surface area contributed by atoms with E-state index < -0.39 is 12.0 Å². The van der Waals surface area contributed by atoms with Gasteiger partial charge in [0.15, 0.2) is 0 Å². The zero-order chi connectivity index (χ0) is 9.84. The Morgan fingerprint density at radius 3 is 3.00 bits per heavy atom. The van der Waals surface area contributed by atoms with Gasteiger partial charge in [-0.25, -0.2) is 0 Å². The number of aliphatic carboxylic acids is 1. The predicted molar refractivity (Wildman–Crippen MR) is 48.4 cm³/mol. The van der Waals surface area contributed by atoms with Crippen molar-refractivity contribution in [1.29, 1.82) is 0 Å². The summed E-state index contributed by atoms with van der Waals surface area (Å²) in [5.41, 5.74) is 6.06. The molecule has 0 aliphatic carbocycles. The number of carboxylic acids is 1. The van der Waals surface area contributed by atoms with Crippen LogP contribution >= 0.6 is 11.6 Å². The smallest absolute Gasteiger partial charge is 0.305 e. The van der Waals surface area contributed by atoms with Crippen LogP contribution in [-0.2, 0) is 4.79 Å². The largest absolute Gasteiger partial charge is 0.481 e. The van der Waals surface area contributed by atoms with Crippen LogP contribution in [0, 0.1) is 0 Å². The van der Waals surface area contributed by atoms with Crippen molar-refractivity contribution in [3.8, 4) is 0 Å². The van der Waals surface area contributed by atoms with Gasteiger partial charge >= 0.3 is 5.97 Å². The molecule has 1 rings (SSSR count). The maximum atomic E-state index is 10.3. The van der Waals surface area contributed by atoms with E-state index in [-0.39, 0.29) is 6.42 Å². The van der Waals surface area contributed by atoms with E-state index in [1.807, 2.05) is 0 Å². The zero-order valence-corrected chi connectivity index (χ0v) is 7.53. The molecule has 1 aromatic rings. The van der Waals surface area contributed by atoms with Gasteiger partial charge in [-0.05, 0) is 12.1 Å². The third-order valence-corrected chi connectivity index (χ3v) is 1.75. The molecule has 70 valence electrons. The Morgan fingerprint density at radius 1 is 1.77 bits per heavy atom. The summed E-state index contributed by atoms with van der Waals surface area (Å²) in [5, 5.41) is 8.98. The van der Waals surface area contributed by atoms with Crippen molar-refractivity contribution < 1.29 is 9.90 Å². The fourth-order valence-corrected chi connectivity index (χ4v) is 1.08. The number of nitrogens with two attached hydrogens (primary N) is 1. The van der Waals surface area contributed by atoms with Gasteiger partial charge in [-0.15, -0.1) is 0 Å². The minimum atomic E-state index is -0.950. The summed E-state index contributed by atoms with van der Waals surface area (Å²) in [5.74, 6) is -0.950. The zero-order valence-electron chi connectivity index (χ0n) is 6.77. The lowest BCUT2D eigenvalue weighted by Gasteiger charge is -2.07. The molecule has 3 N–H and O–H groups in total. The first kappa shape index (κ1) is 9.95. The Hall–Kier alpha value is -1.13. The van der Waals surface area contributed by atoms with Crippen molar-refractivity contribution in [3.05, 3.63) is 29.0 Å². The molecule has 0 saturated carbocycles. The highest BCUT2D eigenvalue weighted by Gasteiger charge is 2.11. The number of rotatable bonds is 3. The molecular formula is C8H9ClN2O2. The lowest BCUT2D eigenvalue weighted by atomic mass is 10.1. The first-order valence-corrected chi connectivity index (χ1v) is 4.06. The second-order valence-electron chi connectivity index (χ2n) is 2.60. The number of carboxylic acid groups (broad SMARTS) is 1. The monoisotopic (exact) mass is 200 g/mol. The van der Waals surface area contributed by atoms with Gasteiger partial charge in [0.1, 0.15) is 0 Å². The van der Waals surface area contributed by atoms with Crippen molar-refractivity contribution in [2.75, 3.05) is 0 Å². The Labute approximate surface area is 80.3 Å². The highest BCUT2D eigenvalue weighted by atomic mass is 35.5. The van der Waals surface area contributed by atoms with Crippen LogP contribution in [0.25, 0.3) is 0 Å². The number of aromatic nitrogens is 1. The highest BCUT2D eigenvalue weighted by Crippen LogP contribution is 2.15. The highest BCUT2D eigenvalue weighted by molar-refractivity contribution is 6.30. The van der Waals surface area contributed by atoms with E-state index in [1.165, 1.54) is 6.20 Å². The summed E-state index contributed by atoms with van der Waals surface area (Å²) in [7, 11) is 0. The molecular weight excluding hydrogens is 192 g/mol. The van der Waals surface area contributed by atoms with E-state index in [1.54, 1.807) is 12.1 Å². The minimum Gasteiger partial charge on any atom is -0.481 e. The van der Waals surface area contributed by atoms with Gasteiger partial charge in [-0.3, -0.25) is 9.78 Å². The van der Waals surface area contributed by atoms with Gasteiger partial charge < -0.3 is 10.8 Å². The van der Waals surface area contributed by atoms with Crippen LogP contribution in [0.2, 0.25) is 5.02 Å². The molecule has 0 radical (unpaired) electrons. The van der Waals surface area contributed by atoms with Crippen molar-refractivity contribution in [3.63, 3.8) is 0 Å². The van der Waals surface area contributed by atoms with Gasteiger partial charge in [0.25, 0.3) is 0 Å². The molecule has 0 spiro atoms. The Bertz CT molecular complexity index is 317. The van der Waals surface area contributed by atoms with Crippen LogP contribution in [-0.4, -0.2) is 16.1 Å². The first-order valence-electron chi connectivity index (χ1n) is 3.68. The fraction of sp³-hybridized carbons (Fsp3) is 0.250. The Kier molecular flexibility index (Phi) is 3.22. The number of hydrogen-bond acceptors (Lipinski definition) is 3. The number of nitrogens with zero attached hydrogens (tertiary/aromatic N) is 1. The van der Waals surface area contributed by atoms with Crippen LogP contribution in [0.3, 0.4) is 0 Å². The standard InChI is InChI=1S/C8H9ClN2O2/c9-5-1-2-11-7(3-5)6(10)4-8(12)13/h1-3,6H,4,10H2,(H,12,13). The number of hydrogen-bond donors (Lipinski definition) is 2. The lowest BCUT2D eigenvalue weighted by molar-refractivity contribution is -0.137. The molecule has 4 nitrogen and oxygen atoms in total. The molecule has 1 unspecified atom stereocenters. The molecule has 0 saturated heterocycles. The predicted octanol–water partition coefficient (Wildman–Crippen LogP) is 1.21.